The molecule has 4 rings (SSSR count). The number of aromatic nitrogens is 1. The lowest BCUT2D eigenvalue weighted by Crippen LogP contribution is -2.37. The third kappa shape index (κ3) is 5.13. The summed E-state index contributed by atoms with van der Waals surface area (Å²) in [6, 6.07) is 14.8. The molecule has 0 unspecified atom stereocenters. The number of amides is 1. The van der Waals surface area contributed by atoms with E-state index in [1.807, 2.05) is 6.92 Å². The lowest BCUT2D eigenvalue weighted by molar-refractivity contribution is -0.114. The van der Waals surface area contributed by atoms with E-state index in [1.165, 1.54) is 23.4 Å². The Kier molecular flexibility index (Phi) is 7.17. The van der Waals surface area contributed by atoms with Gasteiger partial charge in [-0.25, -0.2) is 8.42 Å². The van der Waals surface area contributed by atoms with Gasteiger partial charge in [-0.1, -0.05) is 18.2 Å². The molecule has 7 nitrogen and oxygen atoms in total. The number of hydrogen-bond acceptors (Lipinski definition) is 4. The fraction of sp³-hybridized carbons (Fsp3) is 0.400. The van der Waals surface area contributed by atoms with Crippen LogP contribution in [0.15, 0.2) is 59.6 Å². The molecule has 0 atom stereocenters. The van der Waals surface area contributed by atoms with Gasteiger partial charge in [0, 0.05) is 56.0 Å². The van der Waals surface area contributed by atoms with Gasteiger partial charge in [0.1, 0.15) is 0 Å². The maximum atomic E-state index is 13.1. The second-order valence-corrected chi connectivity index (χ2v) is 10.3. The molecule has 176 valence electrons. The van der Waals surface area contributed by atoms with Crippen molar-refractivity contribution in [1.29, 1.82) is 0 Å². The quantitative estimate of drug-likeness (QED) is 0.501. The third-order valence-corrected chi connectivity index (χ3v) is 8.12. The number of sulfonamides is 1. The van der Waals surface area contributed by atoms with Gasteiger partial charge in [0.2, 0.25) is 15.9 Å². The van der Waals surface area contributed by atoms with E-state index in [2.05, 4.69) is 40.3 Å². The zero-order valence-electron chi connectivity index (χ0n) is 19.2. The Balaban J connectivity index is 1.47. The summed E-state index contributed by atoms with van der Waals surface area (Å²) in [6.45, 7) is 6.57. The van der Waals surface area contributed by atoms with E-state index in [4.69, 9.17) is 4.74 Å². The van der Waals surface area contributed by atoms with Gasteiger partial charge >= 0.3 is 0 Å². The Morgan fingerprint density at radius 1 is 1.09 bits per heavy atom. The van der Waals surface area contributed by atoms with Crippen LogP contribution in [0.2, 0.25) is 0 Å². The van der Waals surface area contributed by atoms with E-state index in [-0.39, 0.29) is 10.8 Å². The Morgan fingerprint density at radius 2 is 1.79 bits per heavy atom. The molecular weight excluding hydrogens is 438 g/mol. The number of nitrogens with one attached hydrogen (secondary N) is 1. The average molecular weight is 470 g/mol. The van der Waals surface area contributed by atoms with Crippen LogP contribution in [0.25, 0.3) is 10.9 Å². The first-order chi connectivity index (χ1) is 15.9. The van der Waals surface area contributed by atoms with Gasteiger partial charge < -0.3 is 14.6 Å². The van der Waals surface area contributed by atoms with Crippen molar-refractivity contribution in [3.63, 3.8) is 0 Å². The minimum atomic E-state index is -3.57. The molecule has 0 spiro atoms. The SMILES string of the molecule is CCOCCn1cc(C2CCN(S(=O)(=O)c3ccc(NC(C)=O)cc3)CC2)c2ccccc21. The van der Waals surface area contributed by atoms with Crippen LogP contribution in [0.3, 0.4) is 0 Å². The van der Waals surface area contributed by atoms with Crippen molar-refractivity contribution in [1.82, 2.24) is 8.87 Å². The number of fused-ring (bicyclic) bond motifs is 1. The van der Waals surface area contributed by atoms with Gasteiger partial charge in [-0.2, -0.15) is 4.31 Å². The molecule has 1 amide bonds. The highest BCUT2D eigenvalue weighted by Crippen LogP contribution is 2.36. The maximum absolute atomic E-state index is 13.1. The van der Waals surface area contributed by atoms with E-state index in [9.17, 15) is 13.2 Å². The van der Waals surface area contributed by atoms with Crippen molar-refractivity contribution in [3.05, 3.63) is 60.3 Å². The number of benzene rings is 2. The van der Waals surface area contributed by atoms with Crippen molar-refractivity contribution in [2.75, 3.05) is 31.6 Å². The van der Waals surface area contributed by atoms with Crippen LogP contribution >= 0.6 is 0 Å². The molecule has 1 fully saturated rings. The van der Waals surface area contributed by atoms with Crippen LogP contribution in [0.1, 0.15) is 38.2 Å². The van der Waals surface area contributed by atoms with Crippen LogP contribution in [0, 0.1) is 0 Å². The molecule has 0 aliphatic carbocycles. The number of carbonyl (C=O) groups is 1. The van der Waals surface area contributed by atoms with E-state index < -0.39 is 10.0 Å². The number of rotatable bonds is 8. The summed E-state index contributed by atoms with van der Waals surface area (Å²) >= 11 is 0. The van der Waals surface area contributed by atoms with E-state index in [0.717, 1.165) is 19.4 Å². The van der Waals surface area contributed by atoms with Crippen LogP contribution in [0.5, 0.6) is 0 Å². The van der Waals surface area contributed by atoms with Crippen molar-refractivity contribution in [3.8, 4) is 0 Å². The van der Waals surface area contributed by atoms with Gasteiger partial charge in [-0.3, -0.25) is 4.79 Å². The number of nitrogens with zero attached hydrogens (tertiary/aromatic N) is 2. The number of hydrogen-bond donors (Lipinski definition) is 1. The number of carbonyl (C=O) groups excluding carboxylic acids is 1. The molecular formula is C25H31N3O4S. The van der Waals surface area contributed by atoms with Gasteiger partial charge in [0.15, 0.2) is 0 Å². The summed E-state index contributed by atoms with van der Waals surface area (Å²) in [7, 11) is -3.57. The molecule has 2 heterocycles. The van der Waals surface area contributed by atoms with Crippen molar-refractivity contribution < 1.29 is 17.9 Å². The van der Waals surface area contributed by atoms with Crippen molar-refractivity contribution in [2.24, 2.45) is 0 Å². The Hall–Kier alpha value is -2.68. The third-order valence-electron chi connectivity index (χ3n) is 6.21. The number of anilines is 1. The Morgan fingerprint density at radius 3 is 2.45 bits per heavy atom. The summed E-state index contributed by atoms with van der Waals surface area (Å²) < 4.78 is 35.7. The predicted molar refractivity (Wildman–Crippen MR) is 130 cm³/mol. The smallest absolute Gasteiger partial charge is 0.243 e. The molecule has 8 heteroatoms. The fourth-order valence-corrected chi connectivity index (χ4v) is 6.03. The summed E-state index contributed by atoms with van der Waals surface area (Å²) in [4.78, 5) is 11.4. The number of ether oxygens (including phenoxy) is 1. The molecule has 1 N–H and O–H groups in total. The summed E-state index contributed by atoms with van der Waals surface area (Å²) in [5.41, 5.74) is 3.07. The Labute approximate surface area is 195 Å². The second-order valence-electron chi connectivity index (χ2n) is 8.38. The molecule has 1 aliphatic heterocycles. The second kappa shape index (κ2) is 10.1. The first-order valence-electron chi connectivity index (χ1n) is 11.4. The van der Waals surface area contributed by atoms with Crippen LogP contribution < -0.4 is 5.32 Å². The lowest BCUT2D eigenvalue weighted by atomic mass is 9.90. The van der Waals surface area contributed by atoms with Gasteiger partial charge in [0.05, 0.1) is 11.5 Å². The molecule has 1 aromatic heterocycles. The van der Waals surface area contributed by atoms with E-state index in [0.29, 0.717) is 37.9 Å². The van der Waals surface area contributed by atoms with Gasteiger partial charge in [-0.05, 0) is 61.6 Å². The highest BCUT2D eigenvalue weighted by molar-refractivity contribution is 7.89. The lowest BCUT2D eigenvalue weighted by Gasteiger charge is -2.31. The summed E-state index contributed by atoms with van der Waals surface area (Å²) in [5, 5.41) is 3.90. The van der Waals surface area contributed by atoms with E-state index >= 15 is 0 Å². The highest BCUT2D eigenvalue weighted by Gasteiger charge is 2.31. The monoisotopic (exact) mass is 469 g/mol. The zero-order valence-corrected chi connectivity index (χ0v) is 20.0. The summed E-state index contributed by atoms with van der Waals surface area (Å²) in [5.74, 6) is 0.128. The first-order valence-corrected chi connectivity index (χ1v) is 12.9. The van der Waals surface area contributed by atoms with E-state index in [1.54, 1.807) is 28.6 Å². The van der Waals surface area contributed by atoms with Crippen LogP contribution in [-0.2, 0) is 26.1 Å². The Bertz CT molecular complexity index is 1210. The van der Waals surface area contributed by atoms with Crippen LogP contribution in [-0.4, -0.2) is 49.5 Å². The van der Waals surface area contributed by atoms with Gasteiger partial charge in [-0.15, -0.1) is 0 Å². The average Bonchev–Trinajstić information content (AvgIpc) is 3.18. The zero-order chi connectivity index (χ0) is 23.4. The molecule has 3 aromatic rings. The van der Waals surface area contributed by atoms with Crippen molar-refractivity contribution in [2.45, 2.75) is 44.0 Å². The molecule has 0 radical (unpaired) electrons. The highest BCUT2D eigenvalue weighted by atomic mass is 32.2. The molecule has 1 saturated heterocycles. The normalized spacial score (nSPS) is 15.7. The molecule has 0 bridgehead atoms. The maximum Gasteiger partial charge on any atom is 0.243 e. The first kappa shape index (κ1) is 23.5. The molecule has 33 heavy (non-hydrogen) atoms. The van der Waals surface area contributed by atoms with Gasteiger partial charge in [0.25, 0.3) is 0 Å². The molecule has 1 aliphatic rings. The minimum absolute atomic E-state index is 0.188. The standard InChI is InChI=1S/C25H31N3O4S/c1-3-32-17-16-27-18-24(23-6-4-5-7-25(23)27)20-12-14-28(15-13-20)33(30,31)22-10-8-21(9-11-22)26-19(2)29/h4-11,18,20H,3,12-17H2,1-2H3,(H,26,29). The van der Waals surface area contributed by atoms with Crippen molar-refractivity contribution >= 4 is 32.5 Å². The topological polar surface area (TPSA) is 80.6 Å². The molecule has 0 saturated carbocycles. The van der Waals surface area contributed by atoms with Crippen LogP contribution in [0.4, 0.5) is 5.69 Å². The number of piperidine rings is 1. The largest absolute Gasteiger partial charge is 0.380 e. The number of para-hydroxylation sites is 1. The molecule has 2 aromatic carbocycles. The minimum Gasteiger partial charge on any atom is -0.380 e. The predicted octanol–water partition coefficient (Wildman–Crippen LogP) is 4.20. The summed E-state index contributed by atoms with van der Waals surface area (Å²) in [6.07, 6.45) is 3.78. The fourth-order valence-electron chi connectivity index (χ4n) is 4.56.